The molecule has 0 spiro atoms. The molecular formula is C44H64Cl3SiTi-. The third-order valence-electron chi connectivity index (χ3n) is 10.5. The monoisotopic (exact) mass is 773 g/mol. The number of rotatable bonds is 10. The van der Waals surface area contributed by atoms with Gasteiger partial charge in [0, 0.05) is 21.7 Å². The van der Waals surface area contributed by atoms with Crippen molar-refractivity contribution in [3.05, 3.63) is 110 Å². The van der Waals surface area contributed by atoms with Crippen LogP contribution in [-0.4, -0.2) is 8.07 Å². The fraction of sp³-hybridized carbons (Fsp3) is 0.500. The summed E-state index contributed by atoms with van der Waals surface area (Å²) < 4.78 is 0. The molecular weight excluding hydrogens is 711 g/mol. The van der Waals surface area contributed by atoms with Crippen LogP contribution in [-0.2, 0) is 21.7 Å². The topological polar surface area (TPSA) is 0 Å². The van der Waals surface area contributed by atoms with Crippen molar-refractivity contribution < 1.29 is 21.7 Å². The van der Waals surface area contributed by atoms with Gasteiger partial charge >= 0.3 is 0 Å². The first-order valence-electron chi connectivity index (χ1n) is 17.8. The van der Waals surface area contributed by atoms with E-state index in [1.807, 2.05) is 0 Å². The summed E-state index contributed by atoms with van der Waals surface area (Å²) in [5.41, 5.74) is 11.5. The van der Waals surface area contributed by atoms with E-state index in [1.165, 1.54) is 44.5 Å². The van der Waals surface area contributed by atoms with Crippen LogP contribution in [0.3, 0.4) is 0 Å². The quantitative estimate of drug-likeness (QED) is 0.109. The molecule has 0 heterocycles. The van der Waals surface area contributed by atoms with Crippen molar-refractivity contribution in [1.82, 2.24) is 0 Å². The molecule has 0 aliphatic heterocycles. The Morgan fingerprint density at radius 1 is 0.449 bits per heavy atom. The molecule has 0 bridgehead atoms. The maximum atomic E-state index is 3.93. The van der Waals surface area contributed by atoms with Crippen molar-refractivity contribution in [2.45, 2.75) is 139 Å². The van der Waals surface area contributed by atoms with Gasteiger partial charge in [0.05, 0.1) is 0 Å². The van der Waals surface area contributed by atoms with Crippen LogP contribution in [0.2, 0.25) is 0 Å². The number of benzene rings is 3. The average Bonchev–Trinajstić information content (AvgIpc) is 3.23. The standard InChI is InChI=1S/C44H61Si.3ClH.Ti/c1-26(2)35-17-36(27(3)4)21-41(20-35)45(44-33(14)16-32(13)34(44)15,42-22-37(28(5)6)18-38(23-42)29(7)8)43-24-39(30(9)10)19-40(25-43)31(11)12;;;;/h17-31,33H,1-15H3;3*1H;/q-1;;;;. The Labute approximate surface area is 335 Å². The van der Waals surface area contributed by atoms with Crippen LogP contribution in [0.15, 0.2) is 70.9 Å². The van der Waals surface area contributed by atoms with Crippen LogP contribution in [0.4, 0.5) is 0 Å². The Morgan fingerprint density at radius 3 is 0.837 bits per heavy atom. The summed E-state index contributed by atoms with van der Waals surface area (Å²) in [6.07, 6.45) is 3.93. The summed E-state index contributed by atoms with van der Waals surface area (Å²) in [5.74, 6) is 3.00. The van der Waals surface area contributed by atoms with E-state index in [1.54, 1.807) is 20.8 Å². The Balaban J connectivity index is 0.00000576. The molecule has 1 atom stereocenters. The second-order valence-corrected chi connectivity index (χ2v) is 19.6. The van der Waals surface area contributed by atoms with E-state index in [9.17, 15) is 0 Å². The van der Waals surface area contributed by atoms with Crippen LogP contribution in [0.1, 0.15) is 173 Å². The summed E-state index contributed by atoms with van der Waals surface area (Å²) in [5, 5.41) is 6.26. The minimum Gasteiger partial charge on any atom is -0.267 e. The molecule has 1 unspecified atom stereocenters. The van der Waals surface area contributed by atoms with Crippen LogP contribution < -0.4 is 15.6 Å². The molecule has 0 amide bonds. The van der Waals surface area contributed by atoms with E-state index in [2.05, 4.69) is 165 Å². The molecule has 0 saturated carbocycles. The third kappa shape index (κ3) is 9.68. The number of hydrogen-bond donors (Lipinski definition) is 0. The molecule has 0 nitrogen and oxygen atoms in total. The van der Waals surface area contributed by atoms with Gasteiger partial charge in [-0.2, -0.15) is 5.20 Å². The first kappa shape index (κ1) is 47.9. The molecule has 49 heavy (non-hydrogen) atoms. The van der Waals surface area contributed by atoms with Gasteiger partial charge in [-0.3, -0.25) is 6.08 Å². The van der Waals surface area contributed by atoms with Crippen LogP contribution in [0.25, 0.3) is 0 Å². The van der Waals surface area contributed by atoms with Gasteiger partial charge in [0.2, 0.25) is 0 Å². The fourth-order valence-corrected chi connectivity index (χ4v) is 13.0. The van der Waals surface area contributed by atoms with Crippen LogP contribution >= 0.6 is 37.2 Å². The maximum Gasteiger partial charge on any atom is 0.157 e. The van der Waals surface area contributed by atoms with Crippen molar-refractivity contribution in [2.75, 3.05) is 0 Å². The predicted molar refractivity (Wildman–Crippen MR) is 225 cm³/mol. The van der Waals surface area contributed by atoms with Crippen molar-refractivity contribution in [2.24, 2.45) is 5.92 Å². The van der Waals surface area contributed by atoms with Gasteiger partial charge in [0.1, 0.15) is 0 Å². The molecule has 5 heteroatoms. The molecule has 270 valence electrons. The van der Waals surface area contributed by atoms with Crippen LogP contribution in [0.5, 0.6) is 0 Å². The van der Waals surface area contributed by atoms with E-state index in [0.29, 0.717) is 35.5 Å². The molecule has 0 radical (unpaired) electrons. The molecule has 3 aromatic rings. The zero-order chi connectivity index (χ0) is 33.5. The Kier molecular flexibility index (Phi) is 18.7. The number of hydrogen-bond acceptors (Lipinski definition) is 0. The SMILES string of the molecule is CC1=[C-]C(C)C([Si](c2cc(C(C)C)cc(C(C)C)c2)(c2cc(C(C)C)cc(C(C)C)c2)c2cc(C(C)C)cc(C(C)C)c2)=C1C.Cl.Cl.Cl.[Ti]. The van der Waals surface area contributed by atoms with E-state index < -0.39 is 8.07 Å². The summed E-state index contributed by atoms with van der Waals surface area (Å²) >= 11 is 0. The van der Waals surface area contributed by atoms with Gasteiger partial charge in [-0.15, -0.1) is 44.1 Å². The molecule has 4 rings (SSSR count). The molecule has 0 fully saturated rings. The van der Waals surface area contributed by atoms with Gasteiger partial charge < -0.3 is 0 Å². The minimum absolute atomic E-state index is 0. The van der Waals surface area contributed by atoms with Crippen molar-refractivity contribution >= 4 is 60.9 Å². The Hall–Kier alpha value is -1.06. The molecule has 1 aliphatic rings. The van der Waals surface area contributed by atoms with Gasteiger partial charge in [0.15, 0.2) is 8.07 Å². The van der Waals surface area contributed by atoms with Crippen molar-refractivity contribution in [3.63, 3.8) is 0 Å². The zero-order valence-corrected chi connectivity index (χ0v) is 38.0. The van der Waals surface area contributed by atoms with E-state index in [4.69, 9.17) is 0 Å². The van der Waals surface area contributed by atoms with Gasteiger partial charge in [-0.25, -0.2) is 11.1 Å². The molecule has 3 aromatic carbocycles. The summed E-state index contributed by atoms with van der Waals surface area (Å²) in [7, 11) is -2.83. The molecule has 0 aromatic heterocycles. The number of halogens is 3. The largest absolute Gasteiger partial charge is 0.267 e. The van der Waals surface area contributed by atoms with Crippen molar-refractivity contribution in [3.8, 4) is 0 Å². The van der Waals surface area contributed by atoms with Crippen molar-refractivity contribution in [1.29, 1.82) is 0 Å². The van der Waals surface area contributed by atoms with Gasteiger partial charge in [0.25, 0.3) is 0 Å². The Morgan fingerprint density at radius 2 is 0.673 bits per heavy atom. The average molecular weight is 775 g/mol. The summed E-state index contributed by atoms with van der Waals surface area (Å²) in [4.78, 5) is 0. The number of allylic oxidation sites excluding steroid dienone is 4. The molecule has 1 aliphatic carbocycles. The molecule has 0 N–H and O–H groups in total. The van der Waals surface area contributed by atoms with Crippen LogP contribution in [0, 0.1) is 12.0 Å². The normalized spacial score (nSPS) is 14.7. The fourth-order valence-electron chi connectivity index (χ4n) is 7.28. The van der Waals surface area contributed by atoms with E-state index in [-0.39, 0.29) is 64.9 Å². The second kappa shape index (κ2) is 19.1. The second-order valence-electron chi connectivity index (χ2n) is 15.9. The Bertz CT molecular complexity index is 1380. The summed E-state index contributed by atoms with van der Waals surface area (Å²) in [6, 6.07) is 23.2. The predicted octanol–water partition coefficient (Wildman–Crippen LogP) is 12.4. The van der Waals surface area contributed by atoms with Gasteiger partial charge in [-0.1, -0.05) is 157 Å². The zero-order valence-electron chi connectivity index (χ0n) is 33.0. The minimum atomic E-state index is -2.83. The third-order valence-corrected chi connectivity index (χ3v) is 15.5. The summed E-state index contributed by atoms with van der Waals surface area (Å²) in [6.45, 7) is 35.4. The van der Waals surface area contributed by atoms with Gasteiger partial charge in [-0.05, 0) is 84.4 Å². The van der Waals surface area contributed by atoms with E-state index in [0.717, 1.165) is 0 Å². The first-order valence-corrected chi connectivity index (χ1v) is 19.8. The first-order chi connectivity index (χ1) is 21.0. The van der Waals surface area contributed by atoms with E-state index >= 15 is 0 Å². The smallest absolute Gasteiger partial charge is 0.157 e. The molecule has 0 saturated heterocycles. The maximum absolute atomic E-state index is 3.93.